The first-order valence-corrected chi connectivity index (χ1v) is 8.89. The number of hydrogen-bond donors (Lipinski definition) is 0. The lowest BCUT2D eigenvalue weighted by Crippen LogP contribution is -2.35. The van der Waals surface area contributed by atoms with Gasteiger partial charge in [-0.15, -0.1) is 0 Å². The summed E-state index contributed by atoms with van der Waals surface area (Å²) in [5, 5.41) is 5.31. The van der Waals surface area contributed by atoms with Gasteiger partial charge in [-0.1, -0.05) is 36.4 Å². The monoisotopic (exact) mass is 346 g/mol. The third-order valence-electron chi connectivity index (χ3n) is 4.91. The van der Waals surface area contributed by atoms with Gasteiger partial charge in [0.15, 0.2) is 5.65 Å². The molecule has 0 saturated heterocycles. The molecule has 2 aromatic heterocycles. The van der Waals surface area contributed by atoms with Crippen LogP contribution in [0.15, 0.2) is 42.5 Å². The highest BCUT2D eigenvalue weighted by atomic mass is 16.2. The predicted molar refractivity (Wildman–Crippen MR) is 103 cm³/mol. The normalized spacial score (nSPS) is 14.6. The molecule has 5 heteroatoms. The average molecular weight is 346 g/mol. The summed E-state index contributed by atoms with van der Waals surface area (Å²) >= 11 is 0. The Morgan fingerprint density at radius 1 is 1.15 bits per heavy atom. The van der Waals surface area contributed by atoms with E-state index < -0.39 is 0 Å². The number of aromatic nitrogens is 3. The van der Waals surface area contributed by atoms with E-state index in [1.165, 1.54) is 11.1 Å². The summed E-state index contributed by atoms with van der Waals surface area (Å²) in [6.45, 7) is 5.22. The van der Waals surface area contributed by atoms with E-state index in [1.807, 2.05) is 50.1 Å². The maximum absolute atomic E-state index is 13.3. The standard InChI is InChI=1S/C21H22N4O/c1-14-12-18(19-15(2)23-24(3)20(19)22-14)21(26)25-11-7-10-17(13-25)16-8-5-4-6-9-16/h4-6,8-10,12H,7,11,13H2,1-3H3. The van der Waals surface area contributed by atoms with Crippen molar-refractivity contribution in [1.82, 2.24) is 19.7 Å². The van der Waals surface area contributed by atoms with Crippen LogP contribution in [-0.2, 0) is 7.05 Å². The highest BCUT2D eigenvalue weighted by Gasteiger charge is 2.24. The Balaban J connectivity index is 1.71. The number of benzene rings is 1. The number of pyridine rings is 1. The SMILES string of the molecule is Cc1cc(C(=O)N2CCC=C(c3ccccc3)C2)c2c(C)nn(C)c2n1. The first kappa shape index (κ1) is 16.5. The zero-order chi connectivity index (χ0) is 18.3. The Bertz CT molecular complexity index is 1020. The molecule has 0 saturated carbocycles. The minimum atomic E-state index is 0.0538. The van der Waals surface area contributed by atoms with Crippen LogP contribution in [0.3, 0.4) is 0 Å². The number of hydrogen-bond acceptors (Lipinski definition) is 3. The van der Waals surface area contributed by atoms with Crippen molar-refractivity contribution in [3.63, 3.8) is 0 Å². The lowest BCUT2D eigenvalue weighted by Gasteiger charge is -2.28. The van der Waals surface area contributed by atoms with E-state index in [0.29, 0.717) is 12.1 Å². The van der Waals surface area contributed by atoms with Crippen LogP contribution < -0.4 is 0 Å². The molecule has 0 bridgehead atoms. The van der Waals surface area contributed by atoms with Crippen molar-refractivity contribution in [1.29, 1.82) is 0 Å². The topological polar surface area (TPSA) is 51.0 Å². The van der Waals surface area contributed by atoms with Crippen molar-refractivity contribution in [2.24, 2.45) is 7.05 Å². The summed E-state index contributed by atoms with van der Waals surface area (Å²) in [5.74, 6) is 0.0538. The summed E-state index contributed by atoms with van der Waals surface area (Å²) in [7, 11) is 1.87. The number of carbonyl (C=O) groups excluding carboxylic acids is 1. The van der Waals surface area contributed by atoms with Crippen LogP contribution >= 0.6 is 0 Å². The van der Waals surface area contributed by atoms with Crippen LogP contribution in [0.25, 0.3) is 16.6 Å². The van der Waals surface area contributed by atoms with Crippen molar-refractivity contribution in [3.8, 4) is 0 Å². The van der Waals surface area contributed by atoms with Crippen LogP contribution in [0.4, 0.5) is 0 Å². The van der Waals surface area contributed by atoms with Crippen molar-refractivity contribution >= 4 is 22.5 Å². The van der Waals surface area contributed by atoms with Gasteiger partial charge in [0.05, 0.1) is 16.6 Å². The summed E-state index contributed by atoms with van der Waals surface area (Å²) < 4.78 is 1.75. The second-order valence-electron chi connectivity index (χ2n) is 6.83. The fraction of sp³-hybridized carbons (Fsp3) is 0.286. The second-order valence-corrected chi connectivity index (χ2v) is 6.83. The smallest absolute Gasteiger partial charge is 0.255 e. The lowest BCUT2D eigenvalue weighted by molar-refractivity contribution is 0.0776. The van der Waals surface area contributed by atoms with Gasteiger partial charge < -0.3 is 4.90 Å². The highest BCUT2D eigenvalue weighted by molar-refractivity contribution is 6.07. The van der Waals surface area contributed by atoms with Gasteiger partial charge in [-0.2, -0.15) is 5.10 Å². The largest absolute Gasteiger partial charge is 0.334 e. The van der Waals surface area contributed by atoms with Gasteiger partial charge in [0, 0.05) is 25.8 Å². The van der Waals surface area contributed by atoms with Crippen molar-refractivity contribution in [2.75, 3.05) is 13.1 Å². The molecule has 1 aliphatic heterocycles. The Morgan fingerprint density at radius 3 is 2.69 bits per heavy atom. The number of carbonyl (C=O) groups is 1. The highest BCUT2D eigenvalue weighted by Crippen LogP contribution is 2.26. The molecule has 0 unspecified atom stereocenters. The van der Waals surface area contributed by atoms with Crippen LogP contribution in [0.2, 0.25) is 0 Å². The third-order valence-corrected chi connectivity index (χ3v) is 4.91. The molecule has 1 amide bonds. The average Bonchev–Trinajstić information content (AvgIpc) is 2.95. The zero-order valence-corrected chi connectivity index (χ0v) is 15.4. The van der Waals surface area contributed by atoms with Crippen molar-refractivity contribution < 1.29 is 4.79 Å². The molecule has 3 heterocycles. The van der Waals surface area contributed by atoms with E-state index in [9.17, 15) is 4.79 Å². The molecule has 0 N–H and O–H groups in total. The van der Waals surface area contributed by atoms with Gasteiger partial charge in [0.2, 0.25) is 0 Å². The number of aryl methyl sites for hydroxylation is 3. The molecule has 1 aliphatic rings. The Labute approximate surface area is 153 Å². The molecule has 0 radical (unpaired) electrons. The third kappa shape index (κ3) is 2.79. The molecular weight excluding hydrogens is 324 g/mol. The summed E-state index contributed by atoms with van der Waals surface area (Å²) in [6.07, 6.45) is 3.11. The summed E-state index contributed by atoms with van der Waals surface area (Å²) in [6, 6.07) is 12.2. The molecule has 5 nitrogen and oxygen atoms in total. The van der Waals surface area contributed by atoms with Gasteiger partial charge in [-0.25, -0.2) is 4.98 Å². The minimum Gasteiger partial charge on any atom is -0.334 e. The van der Waals surface area contributed by atoms with E-state index in [-0.39, 0.29) is 5.91 Å². The molecule has 132 valence electrons. The number of rotatable bonds is 2. The number of nitrogens with zero attached hydrogens (tertiary/aromatic N) is 4. The second kappa shape index (κ2) is 6.41. The lowest BCUT2D eigenvalue weighted by atomic mass is 10.00. The van der Waals surface area contributed by atoms with E-state index >= 15 is 0 Å². The predicted octanol–water partition coefficient (Wildman–Crippen LogP) is 3.51. The molecule has 0 aliphatic carbocycles. The maximum atomic E-state index is 13.3. The molecule has 0 atom stereocenters. The fourth-order valence-corrected chi connectivity index (χ4v) is 3.69. The Morgan fingerprint density at radius 2 is 1.92 bits per heavy atom. The molecule has 4 rings (SSSR count). The van der Waals surface area contributed by atoms with E-state index in [2.05, 4.69) is 28.3 Å². The van der Waals surface area contributed by atoms with Gasteiger partial charge >= 0.3 is 0 Å². The fourth-order valence-electron chi connectivity index (χ4n) is 3.69. The number of amides is 1. The van der Waals surface area contributed by atoms with Crippen LogP contribution in [0, 0.1) is 13.8 Å². The quantitative estimate of drug-likeness (QED) is 0.713. The number of fused-ring (bicyclic) bond motifs is 1. The van der Waals surface area contributed by atoms with Gasteiger partial charge in [-0.3, -0.25) is 9.48 Å². The van der Waals surface area contributed by atoms with Crippen molar-refractivity contribution in [3.05, 3.63) is 65.0 Å². The van der Waals surface area contributed by atoms with E-state index in [4.69, 9.17) is 0 Å². The first-order valence-electron chi connectivity index (χ1n) is 8.89. The van der Waals surface area contributed by atoms with E-state index in [0.717, 1.165) is 35.4 Å². The molecule has 3 aromatic rings. The molecule has 1 aromatic carbocycles. The molecule has 0 fully saturated rings. The summed E-state index contributed by atoms with van der Waals surface area (Å²) in [5.41, 5.74) is 5.52. The molecular formula is C21H22N4O. The van der Waals surface area contributed by atoms with Gasteiger partial charge in [-0.05, 0) is 37.5 Å². The molecule has 26 heavy (non-hydrogen) atoms. The van der Waals surface area contributed by atoms with Gasteiger partial charge in [0.25, 0.3) is 5.91 Å². The zero-order valence-electron chi connectivity index (χ0n) is 15.4. The van der Waals surface area contributed by atoms with E-state index in [1.54, 1.807) is 4.68 Å². The maximum Gasteiger partial charge on any atom is 0.255 e. The van der Waals surface area contributed by atoms with Gasteiger partial charge in [0.1, 0.15) is 0 Å². The summed E-state index contributed by atoms with van der Waals surface area (Å²) in [4.78, 5) is 19.8. The first-order chi connectivity index (χ1) is 12.5. The molecule has 0 spiro atoms. The minimum absolute atomic E-state index is 0.0538. The van der Waals surface area contributed by atoms with Crippen molar-refractivity contribution in [2.45, 2.75) is 20.3 Å². The van der Waals surface area contributed by atoms with Crippen LogP contribution in [0.1, 0.15) is 33.7 Å². The Hall–Kier alpha value is -2.95. The van der Waals surface area contributed by atoms with Crippen LogP contribution in [-0.4, -0.2) is 38.7 Å². The Kier molecular flexibility index (Phi) is 4.07. The van der Waals surface area contributed by atoms with Crippen LogP contribution in [0.5, 0.6) is 0 Å².